The number of halogens is 3. The fourth-order valence-electron chi connectivity index (χ4n) is 3.78. The molecule has 0 saturated carbocycles. The molecule has 28 heavy (non-hydrogen) atoms. The summed E-state index contributed by atoms with van der Waals surface area (Å²) in [5.41, 5.74) is 0.351. The van der Waals surface area contributed by atoms with Crippen LogP contribution in [-0.2, 0) is 12.6 Å². The van der Waals surface area contributed by atoms with E-state index in [4.69, 9.17) is 4.74 Å². The molecule has 2 aliphatic heterocycles. The monoisotopic (exact) mass is 394 g/mol. The number of likely N-dealkylation sites (N-methyl/N-ethyl adjacent to an activating group) is 1. The van der Waals surface area contributed by atoms with Gasteiger partial charge in [0.05, 0.1) is 12.2 Å². The molecule has 1 unspecified atom stereocenters. The number of piperidine rings is 1. The lowest BCUT2D eigenvalue weighted by molar-refractivity contribution is -0.137. The van der Waals surface area contributed by atoms with Crippen LogP contribution < -0.4 is 10.1 Å². The van der Waals surface area contributed by atoms with Crippen molar-refractivity contribution in [3.8, 4) is 22.8 Å². The van der Waals surface area contributed by atoms with Crippen LogP contribution in [0, 0.1) is 0 Å². The minimum atomic E-state index is -4.53. The van der Waals surface area contributed by atoms with Gasteiger partial charge in [-0.3, -0.25) is 0 Å². The van der Waals surface area contributed by atoms with E-state index in [0.717, 1.165) is 37.6 Å². The third-order valence-corrected chi connectivity index (χ3v) is 5.17. The van der Waals surface area contributed by atoms with Crippen LogP contribution in [0.15, 0.2) is 18.2 Å². The number of hydrogen-bond donors (Lipinski definition) is 2. The van der Waals surface area contributed by atoms with Gasteiger partial charge in [0.15, 0.2) is 11.6 Å². The van der Waals surface area contributed by atoms with Crippen molar-refractivity contribution >= 4 is 5.82 Å². The number of aromatic nitrogens is 2. The molecular weight excluding hydrogens is 373 g/mol. The largest absolute Gasteiger partial charge is 0.507 e. The van der Waals surface area contributed by atoms with Gasteiger partial charge in [-0.1, -0.05) is 0 Å². The van der Waals surface area contributed by atoms with E-state index in [9.17, 15) is 18.3 Å². The van der Waals surface area contributed by atoms with E-state index in [2.05, 4.69) is 27.5 Å². The van der Waals surface area contributed by atoms with Crippen LogP contribution in [0.4, 0.5) is 19.0 Å². The molecule has 150 valence electrons. The van der Waals surface area contributed by atoms with Gasteiger partial charge in [-0.2, -0.15) is 13.2 Å². The number of phenols is 1. The number of likely N-dealkylation sites (tertiary alicyclic amines) is 1. The maximum absolute atomic E-state index is 12.8. The number of nitrogens with one attached hydrogen (secondary N) is 1. The molecule has 0 amide bonds. The number of alkyl halides is 3. The Morgan fingerprint density at radius 2 is 2.11 bits per heavy atom. The highest BCUT2D eigenvalue weighted by atomic mass is 19.4. The highest BCUT2D eigenvalue weighted by Gasteiger charge is 2.32. The lowest BCUT2D eigenvalue weighted by Gasteiger charge is -2.30. The van der Waals surface area contributed by atoms with Crippen LogP contribution in [0.1, 0.15) is 24.0 Å². The molecule has 4 rings (SSSR count). The Hall–Kier alpha value is -2.55. The summed E-state index contributed by atoms with van der Waals surface area (Å²) in [6.45, 7) is 2.41. The number of aromatic hydroxyl groups is 1. The standard InChI is InChI=1S/C19H21F3N4O2/c1-26-7-2-3-12(10-26)23-18-14-6-8-28-17(14)16(24-25-18)13-5-4-11(9-15(13)27)19(20,21)22/h4-5,9,12,27H,2-3,6-8,10H2,1H3,(H,23,25). The Bertz CT molecular complexity index is 888. The van der Waals surface area contributed by atoms with Crippen molar-refractivity contribution in [1.82, 2.24) is 15.1 Å². The summed E-state index contributed by atoms with van der Waals surface area (Å²) in [6.07, 6.45) is -1.77. The van der Waals surface area contributed by atoms with E-state index in [0.29, 0.717) is 30.7 Å². The summed E-state index contributed by atoms with van der Waals surface area (Å²) in [4.78, 5) is 2.25. The molecule has 9 heteroatoms. The number of rotatable bonds is 3. The topological polar surface area (TPSA) is 70.5 Å². The minimum Gasteiger partial charge on any atom is -0.507 e. The molecule has 0 spiro atoms. The molecule has 1 fully saturated rings. The van der Waals surface area contributed by atoms with Crippen LogP contribution in [0.2, 0.25) is 0 Å². The Morgan fingerprint density at radius 1 is 1.29 bits per heavy atom. The molecule has 0 aliphatic carbocycles. The van der Waals surface area contributed by atoms with Crippen molar-refractivity contribution in [3.63, 3.8) is 0 Å². The molecule has 6 nitrogen and oxygen atoms in total. The van der Waals surface area contributed by atoms with E-state index in [1.165, 1.54) is 6.07 Å². The Kier molecular flexibility index (Phi) is 4.78. The van der Waals surface area contributed by atoms with E-state index in [1.807, 2.05) is 0 Å². The summed E-state index contributed by atoms with van der Waals surface area (Å²) in [5.74, 6) is 0.608. The van der Waals surface area contributed by atoms with Crippen LogP contribution in [0.25, 0.3) is 11.3 Å². The normalized spacial score (nSPS) is 19.9. The number of nitrogens with zero attached hydrogens (tertiary/aromatic N) is 3. The SMILES string of the molecule is CN1CCCC(Nc2nnc(-c3ccc(C(F)(F)F)cc3O)c3c2CCO3)C1. The maximum atomic E-state index is 12.8. The second-order valence-electron chi connectivity index (χ2n) is 7.28. The van der Waals surface area contributed by atoms with Gasteiger partial charge in [0.25, 0.3) is 0 Å². The fourth-order valence-corrected chi connectivity index (χ4v) is 3.78. The van der Waals surface area contributed by atoms with Gasteiger partial charge in [-0.25, -0.2) is 0 Å². The first-order chi connectivity index (χ1) is 13.3. The Balaban J connectivity index is 1.66. The molecule has 1 aromatic carbocycles. The molecule has 0 bridgehead atoms. The van der Waals surface area contributed by atoms with Crippen molar-refractivity contribution in [2.24, 2.45) is 0 Å². The summed E-state index contributed by atoms with van der Waals surface area (Å²) < 4.78 is 44.2. The Labute approximate surface area is 160 Å². The van der Waals surface area contributed by atoms with Crippen LogP contribution in [0.5, 0.6) is 11.5 Å². The number of anilines is 1. The second-order valence-corrected chi connectivity index (χ2v) is 7.28. The van der Waals surface area contributed by atoms with Gasteiger partial charge < -0.3 is 20.1 Å². The number of phenolic OH excluding ortho intramolecular Hbond substituents is 1. The van der Waals surface area contributed by atoms with Crippen molar-refractivity contribution in [1.29, 1.82) is 0 Å². The molecule has 3 heterocycles. The van der Waals surface area contributed by atoms with Gasteiger partial charge in [-0.15, -0.1) is 10.2 Å². The molecule has 0 radical (unpaired) electrons. The predicted molar refractivity (Wildman–Crippen MR) is 97.5 cm³/mol. The first-order valence-corrected chi connectivity index (χ1v) is 9.21. The highest BCUT2D eigenvalue weighted by Crippen LogP contribution is 2.43. The van der Waals surface area contributed by atoms with Crippen LogP contribution in [-0.4, -0.2) is 53.0 Å². The van der Waals surface area contributed by atoms with E-state index in [1.54, 1.807) is 0 Å². The molecule has 1 aromatic heterocycles. The summed E-state index contributed by atoms with van der Waals surface area (Å²) in [5, 5.41) is 22.0. The average Bonchev–Trinajstić information content (AvgIpc) is 3.12. The number of fused-ring (bicyclic) bond motifs is 1. The first-order valence-electron chi connectivity index (χ1n) is 9.21. The van der Waals surface area contributed by atoms with Crippen molar-refractivity contribution in [2.45, 2.75) is 31.5 Å². The zero-order chi connectivity index (χ0) is 19.9. The number of benzene rings is 1. The third-order valence-electron chi connectivity index (χ3n) is 5.17. The molecule has 2 aliphatic rings. The number of hydrogen-bond acceptors (Lipinski definition) is 6. The van der Waals surface area contributed by atoms with E-state index >= 15 is 0 Å². The predicted octanol–water partition coefficient (Wildman–Crippen LogP) is 3.31. The van der Waals surface area contributed by atoms with Gasteiger partial charge in [0.1, 0.15) is 11.4 Å². The summed E-state index contributed by atoms with van der Waals surface area (Å²) in [7, 11) is 2.07. The lowest BCUT2D eigenvalue weighted by atomic mass is 10.0. The van der Waals surface area contributed by atoms with E-state index < -0.39 is 17.5 Å². The Morgan fingerprint density at radius 3 is 2.82 bits per heavy atom. The first kappa shape index (κ1) is 18.8. The van der Waals surface area contributed by atoms with Gasteiger partial charge in [0, 0.05) is 30.1 Å². The smallest absolute Gasteiger partial charge is 0.416 e. The van der Waals surface area contributed by atoms with Crippen molar-refractivity contribution < 1.29 is 23.0 Å². The quantitative estimate of drug-likeness (QED) is 0.833. The maximum Gasteiger partial charge on any atom is 0.416 e. The minimum absolute atomic E-state index is 0.169. The molecule has 2 aromatic rings. The van der Waals surface area contributed by atoms with Gasteiger partial charge >= 0.3 is 6.18 Å². The summed E-state index contributed by atoms with van der Waals surface area (Å²) in [6, 6.07) is 3.07. The van der Waals surface area contributed by atoms with Gasteiger partial charge in [-0.05, 0) is 44.6 Å². The zero-order valence-electron chi connectivity index (χ0n) is 15.4. The average molecular weight is 394 g/mol. The highest BCUT2D eigenvalue weighted by molar-refractivity contribution is 5.76. The third kappa shape index (κ3) is 3.58. The number of ether oxygens (including phenoxy) is 1. The molecule has 1 saturated heterocycles. The fraction of sp³-hybridized carbons (Fsp3) is 0.474. The molecule has 1 atom stereocenters. The van der Waals surface area contributed by atoms with Crippen LogP contribution in [0.3, 0.4) is 0 Å². The second kappa shape index (κ2) is 7.12. The van der Waals surface area contributed by atoms with Crippen molar-refractivity contribution in [2.75, 3.05) is 32.1 Å². The van der Waals surface area contributed by atoms with Crippen molar-refractivity contribution in [3.05, 3.63) is 29.3 Å². The zero-order valence-corrected chi connectivity index (χ0v) is 15.4. The molecular formula is C19H21F3N4O2. The van der Waals surface area contributed by atoms with E-state index in [-0.39, 0.29) is 17.3 Å². The summed E-state index contributed by atoms with van der Waals surface area (Å²) >= 11 is 0. The molecule has 2 N–H and O–H groups in total. The van der Waals surface area contributed by atoms with Gasteiger partial charge in [0.2, 0.25) is 0 Å². The lowest BCUT2D eigenvalue weighted by Crippen LogP contribution is -2.40. The van der Waals surface area contributed by atoms with Crippen LogP contribution >= 0.6 is 0 Å².